The van der Waals surface area contributed by atoms with Crippen molar-refractivity contribution in [3.05, 3.63) is 35.0 Å². The van der Waals surface area contributed by atoms with Crippen molar-refractivity contribution < 1.29 is 0 Å². The number of halogens is 1. The fourth-order valence-electron chi connectivity index (χ4n) is 1.26. The van der Waals surface area contributed by atoms with Crippen LogP contribution in [0.15, 0.2) is 34.2 Å². The fourth-order valence-corrected chi connectivity index (χ4v) is 2.86. The van der Waals surface area contributed by atoms with E-state index in [-0.39, 0.29) is 0 Å². The van der Waals surface area contributed by atoms with Gasteiger partial charge in [0.2, 0.25) is 0 Å². The predicted molar refractivity (Wildman–Crippen MR) is 69.6 cm³/mol. The fraction of sp³-hybridized carbons (Fsp3) is 0.273. The molecule has 0 saturated heterocycles. The highest BCUT2D eigenvalue weighted by Gasteiger charge is 2.07. The van der Waals surface area contributed by atoms with Crippen LogP contribution >= 0.6 is 35.1 Å². The Morgan fingerprint density at radius 3 is 2.38 bits per heavy atom. The van der Waals surface area contributed by atoms with Gasteiger partial charge in [-0.1, -0.05) is 49.3 Å². The van der Waals surface area contributed by atoms with Crippen molar-refractivity contribution >= 4 is 35.1 Å². The molecule has 2 nitrogen and oxygen atoms in total. The highest BCUT2D eigenvalue weighted by atomic mass is 35.5. The molecule has 5 heteroatoms. The zero-order chi connectivity index (χ0) is 11.5. The van der Waals surface area contributed by atoms with Crippen molar-refractivity contribution in [3.63, 3.8) is 0 Å². The van der Waals surface area contributed by atoms with Crippen molar-refractivity contribution in [2.24, 2.45) is 0 Å². The maximum atomic E-state index is 5.89. The Kier molecular flexibility index (Phi) is 3.84. The number of hydrogen-bond donors (Lipinski definition) is 0. The smallest absolute Gasteiger partial charge is 0.164 e. The lowest BCUT2D eigenvalue weighted by molar-refractivity contribution is 0.865. The van der Waals surface area contributed by atoms with Crippen molar-refractivity contribution in [2.75, 3.05) is 0 Å². The molecule has 0 fully saturated rings. The molecule has 0 spiro atoms. The first kappa shape index (κ1) is 11.9. The average Bonchev–Trinajstić information content (AvgIpc) is 2.65. The van der Waals surface area contributed by atoms with Crippen LogP contribution in [0.3, 0.4) is 0 Å². The van der Waals surface area contributed by atoms with E-state index < -0.39 is 0 Å². The lowest BCUT2D eigenvalue weighted by atomic mass is 10.0. The molecule has 0 aliphatic carbocycles. The molecule has 0 bridgehead atoms. The Morgan fingerprint density at radius 1 is 1.19 bits per heavy atom. The van der Waals surface area contributed by atoms with Crippen LogP contribution in [0.25, 0.3) is 0 Å². The third kappa shape index (κ3) is 2.75. The third-order valence-electron chi connectivity index (χ3n) is 2.18. The summed E-state index contributed by atoms with van der Waals surface area (Å²) in [5, 5.41) is 1.27. The van der Waals surface area contributed by atoms with Gasteiger partial charge in [0.05, 0.1) is 11.7 Å². The van der Waals surface area contributed by atoms with Gasteiger partial charge in [-0.25, -0.2) is 0 Å². The molecule has 16 heavy (non-hydrogen) atoms. The van der Waals surface area contributed by atoms with Crippen molar-refractivity contribution in [2.45, 2.75) is 29.7 Å². The molecular formula is C11H11ClN2S2. The minimum Gasteiger partial charge on any atom is -0.164 e. The van der Waals surface area contributed by atoms with Gasteiger partial charge in [0.1, 0.15) is 0 Å². The van der Waals surface area contributed by atoms with Gasteiger partial charge in [0.25, 0.3) is 0 Å². The van der Waals surface area contributed by atoms with E-state index in [1.165, 1.54) is 5.56 Å². The lowest BCUT2D eigenvalue weighted by Gasteiger charge is -2.05. The molecule has 1 heterocycles. The average molecular weight is 271 g/mol. The van der Waals surface area contributed by atoms with E-state index in [9.17, 15) is 0 Å². The Morgan fingerprint density at radius 2 is 1.88 bits per heavy atom. The summed E-state index contributed by atoms with van der Waals surface area (Å²) in [6.07, 6.45) is 0. The third-order valence-corrected chi connectivity index (χ3v) is 4.29. The zero-order valence-electron chi connectivity index (χ0n) is 8.98. The second kappa shape index (κ2) is 5.17. The summed E-state index contributed by atoms with van der Waals surface area (Å²) in [7, 11) is 0. The van der Waals surface area contributed by atoms with Gasteiger partial charge in [0.15, 0.2) is 10.2 Å². The summed E-state index contributed by atoms with van der Waals surface area (Å²) in [5.41, 5.74) is 1.34. The largest absolute Gasteiger partial charge is 0.177 e. The summed E-state index contributed by atoms with van der Waals surface area (Å²) in [5.74, 6) is 0.559. The normalized spacial score (nSPS) is 11.0. The van der Waals surface area contributed by atoms with Crippen LogP contribution in [-0.4, -0.2) is 8.75 Å². The monoisotopic (exact) mass is 270 g/mol. The van der Waals surface area contributed by atoms with E-state index in [2.05, 4.69) is 46.9 Å². The van der Waals surface area contributed by atoms with Gasteiger partial charge in [-0.15, -0.1) is 0 Å². The molecule has 84 valence electrons. The Hall–Kier alpha value is -0.580. The number of hydrogen-bond acceptors (Lipinski definition) is 4. The molecule has 2 rings (SSSR count). The molecular weight excluding hydrogens is 260 g/mol. The van der Waals surface area contributed by atoms with Crippen LogP contribution in [0.1, 0.15) is 25.3 Å². The van der Waals surface area contributed by atoms with Gasteiger partial charge in [0, 0.05) is 4.90 Å². The van der Waals surface area contributed by atoms with Gasteiger partial charge >= 0.3 is 0 Å². The highest BCUT2D eigenvalue weighted by Crippen LogP contribution is 2.32. The second-order valence-corrected chi connectivity index (χ2v) is 5.63. The summed E-state index contributed by atoms with van der Waals surface area (Å²) < 4.78 is 8.06. The predicted octanol–water partition coefficient (Wildman–Crippen LogP) is 4.47. The number of rotatable bonds is 3. The van der Waals surface area contributed by atoms with Crippen molar-refractivity contribution in [3.8, 4) is 0 Å². The van der Waals surface area contributed by atoms with Crippen molar-refractivity contribution in [1.29, 1.82) is 0 Å². The number of nitrogens with zero attached hydrogens (tertiary/aromatic N) is 2. The number of aromatic nitrogens is 2. The van der Waals surface area contributed by atoms with Crippen LogP contribution in [-0.2, 0) is 0 Å². The lowest BCUT2D eigenvalue weighted by Crippen LogP contribution is -1.85. The van der Waals surface area contributed by atoms with Gasteiger partial charge in [-0.05, 0) is 23.6 Å². The first-order valence-electron chi connectivity index (χ1n) is 4.92. The summed E-state index contributed by atoms with van der Waals surface area (Å²) in [6, 6.07) is 8.47. The quantitative estimate of drug-likeness (QED) is 0.823. The molecule has 1 aromatic heterocycles. The van der Waals surface area contributed by atoms with Crippen LogP contribution in [0.2, 0.25) is 5.15 Å². The Bertz CT molecular complexity index is 465. The van der Waals surface area contributed by atoms with E-state index in [0.717, 1.165) is 21.6 Å². The van der Waals surface area contributed by atoms with E-state index in [4.69, 9.17) is 11.6 Å². The zero-order valence-corrected chi connectivity index (χ0v) is 11.4. The van der Waals surface area contributed by atoms with Gasteiger partial charge in [-0.3, -0.25) is 0 Å². The first-order valence-corrected chi connectivity index (χ1v) is 6.85. The Labute approximate surface area is 108 Å². The van der Waals surface area contributed by atoms with E-state index in [0.29, 0.717) is 11.1 Å². The summed E-state index contributed by atoms with van der Waals surface area (Å²) >= 11 is 8.57. The molecule has 0 unspecified atom stereocenters. The minimum absolute atomic E-state index is 0.489. The molecule has 0 aliphatic heterocycles. The summed E-state index contributed by atoms with van der Waals surface area (Å²) in [6.45, 7) is 4.37. The molecule has 0 radical (unpaired) electrons. The van der Waals surface area contributed by atoms with E-state index >= 15 is 0 Å². The van der Waals surface area contributed by atoms with Gasteiger partial charge in [-0.2, -0.15) is 8.75 Å². The second-order valence-electron chi connectivity index (χ2n) is 3.69. The highest BCUT2D eigenvalue weighted by molar-refractivity contribution is 7.99. The molecule has 1 aromatic carbocycles. The molecule has 0 saturated carbocycles. The maximum absolute atomic E-state index is 5.89. The number of benzene rings is 1. The Balaban J connectivity index is 2.14. The molecule has 0 aliphatic rings. The molecule has 2 aromatic rings. The standard InChI is InChI=1S/C11H11ClN2S2/c1-7(2)8-3-5-9(6-4-8)15-11-10(12)13-16-14-11/h3-7H,1-2H3. The van der Waals surface area contributed by atoms with Crippen LogP contribution in [0.5, 0.6) is 0 Å². The van der Waals surface area contributed by atoms with E-state index in [1.807, 2.05) is 0 Å². The summed E-state index contributed by atoms with van der Waals surface area (Å²) in [4.78, 5) is 1.14. The molecule has 0 N–H and O–H groups in total. The van der Waals surface area contributed by atoms with Crippen LogP contribution in [0.4, 0.5) is 0 Å². The SMILES string of the molecule is CC(C)c1ccc(Sc2nsnc2Cl)cc1. The first-order chi connectivity index (χ1) is 7.66. The maximum Gasteiger partial charge on any atom is 0.177 e. The van der Waals surface area contributed by atoms with Crippen molar-refractivity contribution in [1.82, 2.24) is 8.75 Å². The van der Waals surface area contributed by atoms with E-state index in [1.54, 1.807) is 11.8 Å². The van der Waals surface area contributed by atoms with Crippen LogP contribution < -0.4 is 0 Å². The molecule has 0 amide bonds. The van der Waals surface area contributed by atoms with Gasteiger partial charge < -0.3 is 0 Å². The topological polar surface area (TPSA) is 25.8 Å². The molecule has 0 atom stereocenters. The van der Waals surface area contributed by atoms with Crippen LogP contribution in [0, 0.1) is 0 Å². The minimum atomic E-state index is 0.489.